The van der Waals surface area contributed by atoms with E-state index in [0.717, 1.165) is 11.1 Å². The van der Waals surface area contributed by atoms with E-state index in [1.807, 2.05) is 50.2 Å². The molecule has 0 unspecified atom stereocenters. The number of methoxy groups -OCH3 is 1. The SMILES string of the molecule is COc1ccc(CN)cc1OC(C)(C)c1ccccc1. The molecule has 0 aliphatic rings. The Labute approximate surface area is 120 Å². The molecule has 2 aromatic carbocycles. The van der Waals surface area contributed by atoms with Crippen LogP contribution in [-0.4, -0.2) is 7.11 Å². The summed E-state index contributed by atoms with van der Waals surface area (Å²) in [5.41, 5.74) is 7.38. The zero-order valence-electron chi connectivity index (χ0n) is 12.2. The Hall–Kier alpha value is -2.00. The van der Waals surface area contributed by atoms with Gasteiger partial charge in [-0.25, -0.2) is 0 Å². The summed E-state index contributed by atoms with van der Waals surface area (Å²) in [5, 5.41) is 0. The molecule has 0 radical (unpaired) electrons. The Morgan fingerprint density at radius 1 is 1.00 bits per heavy atom. The Morgan fingerprint density at radius 3 is 2.30 bits per heavy atom. The molecule has 0 heterocycles. The third-order valence-electron chi connectivity index (χ3n) is 3.30. The Morgan fingerprint density at radius 2 is 1.70 bits per heavy atom. The van der Waals surface area contributed by atoms with E-state index in [-0.39, 0.29) is 0 Å². The van der Waals surface area contributed by atoms with Gasteiger partial charge in [-0.2, -0.15) is 0 Å². The second-order valence-electron chi connectivity index (χ2n) is 5.17. The van der Waals surface area contributed by atoms with Gasteiger partial charge in [-0.05, 0) is 37.1 Å². The van der Waals surface area contributed by atoms with Gasteiger partial charge in [0.2, 0.25) is 0 Å². The fourth-order valence-corrected chi connectivity index (χ4v) is 2.10. The van der Waals surface area contributed by atoms with Crippen LogP contribution in [0.15, 0.2) is 48.5 Å². The third-order valence-corrected chi connectivity index (χ3v) is 3.30. The molecule has 3 heteroatoms. The van der Waals surface area contributed by atoms with Gasteiger partial charge in [-0.3, -0.25) is 0 Å². The van der Waals surface area contributed by atoms with Crippen LogP contribution in [0.3, 0.4) is 0 Å². The first-order valence-electron chi connectivity index (χ1n) is 6.68. The fraction of sp³-hybridized carbons (Fsp3) is 0.294. The molecule has 0 saturated heterocycles. The lowest BCUT2D eigenvalue weighted by Crippen LogP contribution is -2.25. The molecule has 3 nitrogen and oxygen atoms in total. The molecule has 106 valence electrons. The minimum Gasteiger partial charge on any atom is -0.493 e. The van der Waals surface area contributed by atoms with E-state index in [4.69, 9.17) is 15.2 Å². The van der Waals surface area contributed by atoms with E-state index < -0.39 is 5.60 Å². The lowest BCUT2D eigenvalue weighted by molar-refractivity contribution is 0.104. The molecule has 2 aromatic rings. The monoisotopic (exact) mass is 271 g/mol. The molecular weight excluding hydrogens is 250 g/mol. The van der Waals surface area contributed by atoms with Crippen LogP contribution in [0.4, 0.5) is 0 Å². The van der Waals surface area contributed by atoms with E-state index in [9.17, 15) is 0 Å². The number of ether oxygens (including phenoxy) is 2. The maximum Gasteiger partial charge on any atom is 0.162 e. The van der Waals surface area contributed by atoms with Gasteiger partial charge in [0, 0.05) is 6.54 Å². The van der Waals surface area contributed by atoms with Crippen LogP contribution in [0.5, 0.6) is 11.5 Å². The fourth-order valence-electron chi connectivity index (χ4n) is 2.10. The van der Waals surface area contributed by atoms with Crippen molar-refractivity contribution in [3.8, 4) is 11.5 Å². The molecule has 0 bridgehead atoms. The second kappa shape index (κ2) is 5.97. The van der Waals surface area contributed by atoms with Crippen molar-refractivity contribution in [3.63, 3.8) is 0 Å². The zero-order chi connectivity index (χ0) is 14.6. The highest BCUT2D eigenvalue weighted by molar-refractivity contribution is 5.43. The first-order valence-corrected chi connectivity index (χ1v) is 6.68. The van der Waals surface area contributed by atoms with E-state index in [1.54, 1.807) is 7.11 Å². The predicted octanol–water partition coefficient (Wildman–Crippen LogP) is 3.47. The molecule has 0 atom stereocenters. The highest BCUT2D eigenvalue weighted by atomic mass is 16.5. The van der Waals surface area contributed by atoms with Crippen molar-refractivity contribution < 1.29 is 9.47 Å². The molecule has 0 fully saturated rings. The summed E-state index contributed by atoms with van der Waals surface area (Å²) >= 11 is 0. The number of benzene rings is 2. The summed E-state index contributed by atoms with van der Waals surface area (Å²) in [5.74, 6) is 1.43. The van der Waals surface area contributed by atoms with Gasteiger partial charge in [-0.1, -0.05) is 36.4 Å². The van der Waals surface area contributed by atoms with Crippen LogP contribution in [0.25, 0.3) is 0 Å². The Bertz CT molecular complexity index is 564. The minimum atomic E-state index is -0.443. The zero-order valence-corrected chi connectivity index (χ0v) is 12.2. The van der Waals surface area contributed by atoms with Crippen LogP contribution in [0, 0.1) is 0 Å². The molecular formula is C17H21NO2. The lowest BCUT2D eigenvalue weighted by atomic mass is 9.98. The molecule has 0 aliphatic heterocycles. The normalized spacial score (nSPS) is 11.2. The van der Waals surface area contributed by atoms with Crippen molar-refractivity contribution in [2.75, 3.05) is 7.11 Å². The average molecular weight is 271 g/mol. The molecule has 0 amide bonds. The summed E-state index contributed by atoms with van der Waals surface area (Å²) in [6.45, 7) is 4.56. The maximum atomic E-state index is 6.17. The average Bonchev–Trinajstić information content (AvgIpc) is 2.47. The molecule has 2 rings (SSSR count). The summed E-state index contributed by atoms with van der Waals surface area (Å²) in [4.78, 5) is 0. The van der Waals surface area contributed by atoms with Crippen molar-refractivity contribution >= 4 is 0 Å². The second-order valence-corrected chi connectivity index (χ2v) is 5.17. The van der Waals surface area contributed by atoms with Crippen LogP contribution < -0.4 is 15.2 Å². The van der Waals surface area contributed by atoms with E-state index in [0.29, 0.717) is 18.0 Å². The van der Waals surface area contributed by atoms with Gasteiger partial charge in [0.15, 0.2) is 11.5 Å². The maximum absolute atomic E-state index is 6.17. The number of hydrogen-bond donors (Lipinski definition) is 1. The quantitative estimate of drug-likeness (QED) is 0.905. The van der Waals surface area contributed by atoms with Crippen molar-refractivity contribution in [2.24, 2.45) is 5.73 Å². The van der Waals surface area contributed by atoms with Gasteiger partial charge in [-0.15, -0.1) is 0 Å². The number of nitrogens with two attached hydrogens (primary N) is 1. The number of hydrogen-bond acceptors (Lipinski definition) is 3. The first kappa shape index (κ1) is 14.4. The van der Waals surface area contributed by atoms with Gasteiger partial charge in [0.25, 0.3) is 0 Å². The van der Waals surface area contributed by atoms with Crippen molar-refractivity contribution in [3.05, 3.63) is 59.7 Å². The van der Waals surface area contributed by atoms with E-state index in [1.165, 1.54) is 0 Å². The van der Waals surface area contributed by atoms with Crippen molar-refractivity contribution in [1.29, 1.82) is 0 Å². The van der Waals surface area contributed by atoms with Crippen molar-refractivity contribution in [2.45, 2.75) is 26.0 Å². The van der Waals surface area contributed by atoms with Crippen LogP contribution in [0.2, 0.25) is 0 Å². The van der Waals surface area contributed by atoms with Crippen LogP contribution in [-0.2, 0) is 12.1 Å². The first-order chi connectivity index (χ1) is 9.56. The Balaban J connectivity index is 2.33. The van der Waals surface area contributed by atoms with E-state index >= 15 is 0 Å². The summed E-state index contributed by atoms with van der Waals surface area (Å²) < 4.78 is 11.5. The Kier molecular flexibility index (Phi) is 4.30. The predicted molar refractivity (Wildman–Crippen MR) is 81.0 cm³/mol. The van der Waals surface area contributed by atoms with Gasteiger partial charge < -0.3 is 15.2 Å². The molecule has 0 aromatic heterocycles. The van der Waals surface area contributed by atoms with E-state index in [2.05, 4.69) is 12.1 Å². The van der Waals surface area contributed by atoms with Gasteiger partial charge in [0.05, 0.1) is 7.11 Å². The van der Waals surface area contributed by atoms with Crippen molar-refractivity contribution in [1.82, 2.24) is 0 Å². The molecule has 0 saturated carbocycles. The lowest BCUT2D eigenvalue weighted by Gasteiger charge is -2.28. The minimum absolute atomic E-state index is 0.443. The molecule has 2 N–H and O–H groups in total. The topological polar surface area (TPSA) is 44.5 Å². The van der Waals surface area contributed by atoms with Crippen LogP contribution >= 0.6 is 0 Å². The molecule has 0 spiro atoms. The summed E-state index contributed by atoms with van der Waals surface area (Å²) in [6, 6.07) is 15.9. The third kappa shape index (κ3) is 3.11. The van der Waals surface area contributed by atoms with Gasteiger partial charge in [0.1, 0.15) is 5.60 Å². The van der Waals surface area contributed by atoms with Crippen LogP contribution in [0.1, 0.15) is 25.0 Å². The summed E-state index contributed by atoms with van der Waals surface area (Å²) in [6.07, 6.45) is 0. The smallest absolute Gasteiger partial charge is 0.162 e. The highest BCUT2D eigenvalue weighted by Gasteiger charge is 2.24. The molecule has 20 heavy (non-hydrogen) atoms. The highest BCUT2D eigenvalue weighted by Crippen LogP contribution is 2.34. The van der Waals surface area contributed by atoms with Gasteiger partial charge >= 0.3 is 0 Å². The molecule has 0 aliphatic carbocycles. The largest absolute Gasteiger partial charge is 0.493 e. The summed E-state index contributed by atoms with van der Waals surface area (Å²) in [7, 11) is 1.64. The number of rotatable bonds is 5. The standard InChI is InChI=1S/C17H21NO2/c1-17(2,14-7-5-4-6-8-14)20-16-11-13(12-18)9-10-15(16)19-3/h4-11H,12,18H2,1-3H3.